The first kappa shape index (κ1) is 26.8. The molecule has 0 aliphatic rings. The van der Waals surface area contributed by atoms with Gasteiger partial charge in [0, 0.05) is 6.07 Å². The maximum atomic E-state index is 10.6. The number of hydrogen-bond acceptors (Lipinski definition) is 4. The zero-order chi connectivity index (χ0) is 23.2. The Hall–Kier alpha value is -1.28. The van der Waals surface area contributed by atoms with Crippen molar-refractivity contribution in [3.05, 3.63) is 54.4 Å². The van der Waals surface area contributed by atoms with Crippen LogP contribution in [0.25, 0.3) is 0 Å². The highest BCUT2D eigenvalue weighted by Crippen LogP contribution is 2.34. The van der Waals surface area contributed by atoms with Gasteiger partial charge in [-0.15, -0.1) is 0 Å². The van der Waals surface area contributed by atoms with Gasteiger partial charge in [0.2, 0.25) is 0 Å². The van der Waals surface area contributed by atoms with Crippen molar-refractivity contribution in [1.82, 2.24) is 0 Å². The normalized spacial score (nSPS) is 12.3. The topological polar surface area (TPSA) is 95.9 Å². The smallest absolute Gasteiger partial charge is 0.344 e. The Labute approximate surface area is 202 Å². The van der Waals surface area contributed by atoms with Gasteiger partial charge >= 0.3 is 11.9 Å². The molecule has 2 rings (SSSR count). The molecule has 6 nitrogen and oxygen atoms in total. The summed E-state index contributed by atoms with van der Waals surface area (Å²) in [6.07, 6.45) is -1.00. The van der Waals surface area contributed by atoms with E-state index in [2.05, 4.69) is 5.32 Å². The van der Waals surface area contributed by atoms with Gasteiger partial charge in [-0.3, -0.25) is 4.79 Å². The summed E-state index contributed by atoms with van der Waals surface area (Å²) in [7, 11) is 0. The van der Waals surface area contributed by atoms with Crippen LogP contribution < -0.4 is 10.1 Å². The van der Waals surface area contributed by atoms with Gasteiger partial charge in [-0.2, -0.15) is 0 Å². The molecule has 12 heteroatoms. The number of ether oxygens (including phenoxy) is 1. The molecule has 30 heavy (non-hydrogen) atoms. The summed E-state index contributed by atoms with van der Waals surface area (Å²) in [5, 5.41) is 21.8. The first-order valence-electron chi connectivity index (χ1n) is 8.01. The number of nitrogens with one attached hydrogen (secondary N) is 1. The van der Waals surface area contributed by atoms with Crippen molar-refractivity contribution in [3.8, 4) is 5.75 Å². The second-order valence-electron chi connectivity index (χ2n) is 5.75. The van der Waals surface area contributed by atoms with Gasteiger partial charge in [0.1, 0.15) is 11.8 Å². The van der Waals surface area contributed by atoms with Crippen LogP contribution in [0, 0.1) is 0 Å². The molecule has 0 aliphatic carbocycles. The summed E-state index contributed by atoms with van der Waals surface area (Å²) in [5.41, 5.74) is 0.445. The fourth-order valence-electron chi connectivity index (χ4n) is 1.76. The van der Waals surface area contributed by atoms with E-state index in [1.54, 1.807) is 0 Å². The molecular weight excluding hydrogens is 523 g/mol. The lowest BCUT2D eigenvalue weighted by Gasteiger charge is -2.12. The lowest BCUT2D eigenvalue weighted by Crippen LogP contribution is -2.25. The minimum Gasteiger partial charge on any atom is -0.480 e. The maximum Gasteiger partial charge on any atom is 0.344 e. The number of hydrogen-bond donors (Lipinski definition) is 3. The van der Waals surface area contributed by atoms with Gasteiger partial charge in [0.15, 0.2) is 6.10 Å². The molecule has 0 heterocycles. The molecule has 0 aromatic heterocycles. The quantitative estimate of drug-likeness (QED) is 0.342. The summed E-state index contributed by atoms with van der Waals surface area (Å²) in [6, 6.07) is 4.98. The third-order valence-electron chi connectivity index (χ3n) is 3.38. The highest BCUT2D eigenvalue weighted by Gasteiger charge is 2.16. The number of benzene rings is 2. The van der Waals surface area contributed by atoms with Crippen LogP contribution in [0.15, 0.2) is 24.3 Å². The summed E-state index contributed by atoms with van der Waals surface area (Å²) < 4.78 is 5.07. The Kier molecular flexibility index (Phi) is 10.6. The van der Waals surface area contributed by atoms with Crippen LogP contribution in [0.3, 0.4) is 0 Å². The minimum absolute atomic E-state index is 0.195. The van der Waals surface area contributed by atoms with E-state index in [1.807, 2.05) is 0 Å². The van der Waals surface area contributed by atoms with Gasteiger partial charge in [-0.25, -0.2) is 4.79 Å². The number of aliphatic carboxylic acids is 2. The van der Waals surface area contributed by atoms with Gasteiger partial charge in [-0.1, -0.05) is 69.6 Å². The van der Waals surface area contributed by atoms with E-state index in [1.165, 1.54) is 38.1 Å². The summed E-state index contributed by atoms with van der Waals surface area (Å²) in [6.45, 7) is 2.89. The van der Waals surface area contributed by atoms with Gasteiger partial charge in [0.25, 0.3) is 0 Å². The zero-order valence-electron chi connectivity index (χ0n) is 15.4. The van der Waals surface area contributed by atoms with E-state index in [0.717, 1.165) is 0 Å². The van der Waals surface area contributed by atoms with Crippen molar-refractivity contribution >= 4 is 87.2 Å². The fourth-order valence-corrected chi connectivity index (χ4v) is 2.95. The molecule has 0 aliphatic heterocycles. The number of carboxylic acid groups (broad SMARTS) is 2. The van der Waals surface area contributed by atoms with Crippen molar-refractivity contribution in [2.75, 3.05) is 5.32 Å². The first-order chi connectivity index (χ1) is 13.8. The number of carbonyl (C=O) groups is 2. The molecule has 3 N–H and O–H groups in total. The van der Waals surface area contributed by atoms with E-state index in [4.69, 9.17) is 84.6 Å². The van der Waals surface area contributed by atoms with Crippen molar-refractivity contribution in [1.29, 1.82) is 0 Å². The Morgan fingerprint density at radius 2 is 1.23 bits per heavy atom. The number of anilines is 1. The second-order valence-corrected chi connectivity index (χ2v) is 8.19. The molecule has 0 fully saturated rings. The van der Waals surface area contributed by atoms with Crippen molar-refractivity contribution in [2.24, 2.45) is 0 Å². The van der Waals surface area contributed by atoms with E-state index < -0.39 is 24.1 Å². The molecule has 164 valence electrons. The standard InChI is InChI=1S/C9H8Cl3NO2.C9H7Cl3O3/c1-4(9(14)15)13-8-3-6(11)5(10)2-7(8)12;1-4(9(13)14)15-8-3-6(11)5(10)2-7(8)12/h2-4,13H,1H3,(H,14,15);2-4H,1H3,(H,13,14)/t2*4-/m01/s1. The zero-order valence-corrected chi connectivity index (χ0v) is 19.9. The summed E-state index contributed by atoms with van der Waals surface area (Å²) >= 11 is 34.6. The first-order valence-corrected chi connectivity index (χ1v) is 10.3. The molecule has 0 saturated carbocycles. The SMILES string of the molecule is C[C@@H](Oc1cc(Cl)c(Cl)cc1Cl)C(=O)O.C[C@H](Nc1cc(Cl)c(Cl)cc1Cl)C(=O)O. The average Bonchev–Trinajstić information content (AvgIpc) is 2.64. The Balaban J connectivity index is 0.000000300. The molecule has 0 saturated heterocycles. The molecule has 2 aromatic carbocycles. The third-order valence-corrected chi connectivity index (χ3v) is 5.43. The van der Waals surface area contributed by atoms with Crippen LogP contribution in [-0.2, 0) is 9.59 Å². The molecule has 0 spiro atoms. The van der Waals surface area contributed by atoms with Crippen LogP contribution in [-0.4, -0.2) is 34.3 Å². The maximum absolute atomic E-state index is 10.6. The average molecular weight is 538 g/mol. The van der Waals surface area contributed by atoms with Crippen LogP contribution in [0.5, 0.6) is 5.75 Å². The fraction of sp³-hybridized carbons (Fsp3) is 0.222. The largest absolute Gasteiger partial charge is 0.480 e. The lowest BCUT2D eigenvalue weighted by atomic mass is 10.2. The van der Waals surface area contributed by atoms with Gasteiger partial charge < -0.3 is 20.3 Å². The van der Waals surface area contributed by atoms with Crippen LogP contribution in [0.4, 0.5) is 5.69 Å². The Bertz CT molecular complexity index is 864. The third kappa shape index (κ3) is 8.10. The molecule has 0 radical (unpaired) electrons. The number of halogens is 6. The van der Waals surface area contributed by atoms with Crippen LogP contribution in [0.1, 0.15) is 13.8 Å². The van der Waals surface area contributed by atoms with E-state index >= 15 is 0 Å². The van der Waals surface area contributed by atoms with E-state index in [9.17, 15) is 9.59 Å². The summed E-state index contributed by atoms with van der Waals surface area (Å²) in [4.78, 5) is 21.1. The van der Waals surface area contributed by atoms with Gasteiger partial charge in [-0.05, 0) is 32.0 Å². The predicted octanol–water partition coefficient (Wildman–Crippen LogP) is 7.03. The molecule has 0 amide bonds. The minimum atomic E-state index is -1.09. The predicted molar refractivity (Wildman–Crippen MR) is 121 cm³/mol. The van der Waals surface area contributed by atoms with Gasteiger partial charge in [0.05, 0.1) is 35.8 Å². The number of carboxylic acids is 2. The van der Waals surface area contributed by atoms with E-state index in [-0.39, 0.29) is 20.8 Å². The van der Waals surface area contributed by atoms with Crippen molar-refractivity contribution < 1.29 is 24.5 Å². The number of rotatable bonds is 6. The van der Waals surface area contributed by atoms with Crippen LogP contribution >= 0.6 is 69.6 Å². The highest BCUT2D eigenvalue weighted by atomic mass is 35.5. The summed E-state index contributed by atoms with van der Waals surface area (Å²) in [5.74, 6) is -1.87. The molecular formula is C18H15Cl6NO5. The molecule has 0 unspecified atom stereocenters. The Morgan fingerprint density at radius 3 is 1.73 bits per heavy atom. The second kappa shape index (κ2) is 11.9. The molecule has 2 atom stereocenters. The van der Waals surface area contributed by atoms with Crippen molar-refractivity contribution in [2.45, 2.75) is 26.0 Å². The van der Waals surface area contributed by atoms with Crippen molar-refractivity contribution in [3.63, 3.8) is 0 Å². The van der Waals surface area contributed by atoms with E-state index in [0.29, 0.717) is 20.8 Å². The molecule has 2 aromatic rings. The highest BCUT2D eigenvalue weighted by molar-refractivity contribution is 6.44. The lowest BCUT2D eigenvalue weighted by molar-refractivity contribution is -0.144. The monoisotopic (exact) mass is 535 g/mol. The Morgan fingerprint density at radius 1 is 0.767 bits per heavy atom. The van der Waals surface area contributed by atoms with Crippen LogP contribution in [0.2, 0.25) is 30.1 Å². The molecule has 0 bridgehead atoms.